The molecule has 3 saturated heterocycles. The van der Waals surface area contributed by atoms with E-state index >= 15 is 0 Å². The Bertz CT molecular complexity index is 2700. The van der Waals surface area contributed by atoms with Gasteiger partial charge in [-0.2, -0.15) is 0 Å². The van der Waals surface area contributed by atoms with E-state index in [9.17, 15) is 38.4 Å². The largest absolute Gasteiger partial charge is 0.454 e. The summed E-state index contributed by atoms with van der Waals surface area (Å²) in [6.07, 6.45) is -0.0942. The highest BCUT2D eigenvalue weighted by Gasteiger charge is 2.47. The molecule has 3 heterocycles. The summed E-state index contributed by atoms with van der Waals surface area (Å²) in [4.78, 5) is 111. The molecule has 6 aromatic rings. The van der Waals surface area contributed by atoms with Crippen molar-refractivity contribution >= 4 is 58.5 Å². The van der Waals surface area contributed by atoms with Gasteiger partial charge in [-0.1, -0.05) is 109 Å². The lowest BCUT2D eigenvalue weighted by molar-refractivity contribution is -0.126. The highest BCUT2D eigenvalue weighted by Crippen LogP contribution is 2.30. The maximum atomic E-state index is 13.7. The molecular weight excluding hydrogens is 865 g/mol. The molecule has 0 N–H and O–H groups in total. The molecule has 3 aliphatic heterocycles. The number of Topliss-reactive ketones (excluding diaryl/α,β-unsaturated/α-hetero) is 2. The van der Waals surface area contributed by atoms with Gasteiger partial charge in [0.05, 0.1) is 47.4 Å². The van der Waals surface area contributed by atoms with E-state index in [1.807, 2.05) is 94.7 Å². The van der Waals surface area contributed by atoms with Gasteiger partial charge in [-0.05, 0) is 70.8 Å². The van der Waals surface area contributed by atoms with Gasteiger partial charge in [0.25, 0.3) is 11.8 Å². The molecule has 0 aromatic heterocycles. The lowest BCUT2D eigenvalue weighted by atomic mass is 10.0. The third kappa shape index (κ3) is 9.54. The van der Waals surface area contributed by atoms with Crippen molar-refractivity contribution in [2.45, 2.75) is 24.9 Å². The van der Waals surface area contributed by atoms with Crippen molar-refractivity contribution in [1.29, 1.82) is 0 Å². The lowest BCUT2D eigenvalue weighted by Crippen LogP contribution is -2.56. The predicted molar refractivity (Wildman–Crippen MR) is 251 cm³/mol. The Morgan fingerprint density at radius 3 is 1.04 bits per heavy atom. The number of imide groups is 2. The third-order valence-corrected chi connectivity index (χ3v) is 12.5. The first kappa shape index (κ1) is 45.0. The number of rotatable bonds is 14. The zero-order chi connectivity index (χ0) is 47.3. The number of piperazine rings is 1. The summed E-state index contributed by atoms with van der Waals surface area (Å²) < 4.78 is 10.6. The normalized spacial score (nSPS) is 17.6. The van der Waals surface area contributed by atoms with Crippen molar-refractivity contribution in [1.82, 2.24) is 9.80 Å². The zero-order valence-electron chi connectivity index (χ0n) is 36.7. The summed E-state index contributed by atoms with van der Waals surface area (Å²) in [5, 5.41) is 0. The average Bonchev–Trinajstić information content (AvgIpc) is 3.86. The van der Waals surface area contributed by atoms with Crippen molar-refractivity contribution in [3.8, 4) is 22.3 Å². The highest BCUT2D eigenvalue weighted by molar-refractivity contribution is 6.23. The number of hydrogen-bond donors (Lipinski definition) is 0. The van der Waals surface area contributed by atoms with Gasteiger partial charge in [0.1, 0.15) is 0 Å². The monoisotopic (exact) mass is 908 g/mol. The van der Waals surface area contributed by atoms with Crippen LogP contribution in [0.4, 0.5) is 11.4 Å². The molecule has 0 radical (unpaired) electrons. The molecule has 4 amide bonds. The van der Waals surface area contributed by atoms with Crippen LogP contribution >= 0.6 is 0 Å². The molecule has 340 valence electrons. The highest BCUT2D eigenvalue weighted by atomic mass is 16.5. The minimum Gasteiger partial charge on any atom is -0.454 e. The number of benzene rings is 6. The topological polar surface area (TPSA) is 168 Å². The van der Waals surface area contributed by atoms with Gasteiger partial charge in [-0.3, -0.25) is 38.6 Å². The second kappa shape index (κ2) is 19.7. The quantitative estimate of drug-likeness (QED) is 0.0647. The molecule has 0 aliphatic carbocycles. The summed E-state index contributed by atoms with van der Waals surface area (Å²) in [6.45, 7) is 0.561. The van der Waals surface area contributed by atoms with Crippen LogP contribution in [-0.4, -0.2) is 108 Å². The van der Waals surface area contributed by atoms with Crippen LogP contribution < -0.4 is 9.80 Å². The van der Waals surface area contributed by atoms with Crippen LogP contribution in [0.2, 0.25) is 0 Å². The van der Waals surface area contributed by atoms with Crippen LogP contribution in [-0.2, 0) is 28.7 Å². The minimum absolute atomic E-state index is 0.0471. The van der Waals surface area contributed by atoms with Crippen LogP contribution in [0.1, 0.15) is 54.3 Å². The SMILES string of the molecule is O=C(COC(=O)c1ccc(N2C(=O)CC(N3CCN(C4CC(=O)N(c5ccc(C(=O)OCC(=O)c6ccc(-c7ccccc7)cc6)cc5)C4=O)CC3)C2=O)cc1)c1ccc(-c2ccccc2)cc1. The van der Waals surface area contributed by atoms with Gasteiger partial charge in [0.2, 0.25) is 11.8 Å². The van der Waals surface area contributed by atoms with E-state index in [-0.39, 0.29) is 35.5 Å². The van der Waals surface area contributed by atoms with Crippen LogP contribution in [0, 0.1) is 0 Å². The molecule has 3 fully saturated rings. The minimum atomic E-state index is -0.728. The second-order valence-electron chi connectivity index (χ2n) is 16.6. The Hall–Kier alpha value is -8.20. The fourth-order valence-corrected chi connectivity index (χ4v) is 8.75. The molecule has 14 nitrogen and oxygen atoms in total. The number of anilines is 2. The first-order valence-corrected chi connectivity index (χ1v) is 22.2. The van der Waals surface area contributed by atoms with Gasteiger partial charge in [0.15, 0.2) is 24.8 Å². The fraction of sp³-hybridized carbons (Fsp3) is 0.185. The number of carbonyl (C=O) groups is 8. The summed E-state index contributed by atoms with van der Waals surface area (Å²) in [5.41, 5.74) is 5.62. The number of hydrogen-bond acceptors (Lipinski definition) is 12. The Morgan fingerprint density at radius 2 is 0.706 bits per heavy atom. The first-order valence-electron chi connectivity index (χ1n) is 22.2. The third-order valence-electron chi connectivity index (χ3n) is 12.5. The standard InChI is InChI=1S/C54H44N4O10/c59-47(39-15-11-37(12-16-39)35-7-3-1-4-8-35)33-67-53(65)41-19-23-43(24-20-41)57-49(61)31-45(51(57)63)55-27-29-56(30-28-55)46-32-50(62)58(52(46)64)44-25-21-42(22-26-44)54(66)68-34-48(60)40-17-13-38(14-18-40)36-9-5-2-6-10-36/h1-26,45-46H,27-34H2. The van der Waals surface area contributed by atoms with Crippen molar-refractivity contribution in [2.75, 3.05) is 49.2 Å². The summed E-state index contributed by atoms with van der Waals surface area (Å²) >= 11 is 0. The van der Waals surface area contributed by atoms with Gasteiger partial charge >= 0.3 is 11.9 Å². The van der Waals surface area contributed by atoms with Crippen LogP contribution in [0.15, 0.2) is 158 Å². The zero-order valence-corrected chi connectivity index (χ0v) is 36.7. The smallest absolute Gasteiger partial charge is 0.338 e. The molecule has 14 heteroatoms. The van der Waals surface area contributed by atoms with Gasteiger partial charge in [0, 0.05) is 37.3 Å². The molecular formula is C54H44N4O10. The maximum Gasteiger partial charge on any atom is 0.338 e. The van der Waals surface area contributed by atoms with E-state index in [0.717, 1.165) is 32.1 Å². The second-order valence-corrected chi connectivity index (χ2v) is 16.6. The molecule has 68 heavy (non-hydrogen) atoms. The van der Waals surface area contributed by atoms with E-state index in [1.165, 1.54) is 48.5 Å². The summed E-state index contributed by atoms with van der Waals surface area (Å²) in [7, 11) is 0. The van der Waals surface area contributed by atoms with E-state index < -0.39 is 60.9 Å². The average molecular weight is 909 g/mol. The molecule has 6 aromatic carbocycles. The van der Waals surface area contributed by atoms with Gasteiger partial charge < -0.3 is 9.47 Å². The number of ether oxygens (including phenoxy) is 2. The van der Waals surface area contributed by atoms with E-state index in [2.05, 4.69) is 0 Å². The van der Waals surface area contributed by atoms with Gasteiger partial charge in [-0.15, -0.1) is 0 Å². The number of esters is 2. The van der Waals surface area contributed by atoms with Crippen molar-refractivity contribution in [3.63, 3.8) is 0 Å². The number of ketones is 2. The summed E-state index contributed by atoms with van der Waals surface area (Å²) in [6, 6.07) is 43.8. The van der Waals surface area contributed by atoms with Crippen molar-refractivity contribution in [2.24, 2.45) is 0 Å². The van der Waals surface area contributed by atoms with E-state index in [0.29, 0.717) is 48.7 Å². The molecule has 0 saturated carbocycles. The number of nitrogens with zero attached hydrogens (tertiary/aromatic N) is 4. The van der Waals surface area contributed by atoms with Crippen LogP contribution in [0.25, 0.3) is 22.3 Å². The Morgan fingerprint density at radius 1 is 0.397 bits per heavy atom. The number of amides is 4. The maximum absolute atomic E-state index is 13.7. The van der Waals surface area contributed by atoms with E-state index in [4.69, 9.17) is 9.47 Å². The molecule has 2 atom stereocenters. The van der Waals surface area contributed by atoms with Gasteiger partial charge in [-0.25, -0.2) is 19.4 Å². The molecule has 2 unspecified atom stereocenters. The summed E-state index contributed by atoms with van der Waals surface area (Å²) in [5.74, 6) is -3.79. The Labute approximate surface area is 391 Å². The van der Waals surface area contributed by atoms with Crippen LogP contribution in [0.5, 0.6) is 0 Å². The molecule has 3 aliphatic rings. The molecule has 0 spiro atoms. The van der Waals surface area contributed by atoms with E-state index in [1.54, 1.807) is 24.3 Å². The molecule has 0 bridgehead atoms. The lowest BCUT2D eigenvalue weighted by Gasteiger charge is -2.38. The van der Waals surface area contributed by atoms with Crippen molar-refractivity contribution in [3.05, 3.63) is 180 Å². The van der Waals surface area contributed by atoms with Crippen molar-refractivity contribution < 1.29 is 47.8 Å². The first-order chi connectivity index (χ1) is 33.0. The van der Waals surface area contributed by atoms with Crippen LogP contribution in [0.3, 0.4) is 0 Å². The fourth-order valence-electron chi connectivity index (χ4n) is 8.75. The Balaban J connectivity index is 0.731. The number of carbonyl (C=O) groups excluding carboxylic acids is 8. The predicted octanol–water partition coefficient (Wildman–Crippen LogP) is 6.68. The Kier molecular flexibility index (Phi) is 13.0. The molecule has 9 rings (SSSR count).